The second-order valence-electron chi connectivity index (χ2n) is 7.61. The number of esters is 1. The second-order valence-corrected chi connectivity index (χ2v) is 9.03. The number of anilines is 2. The van der Waals surface area contributed by atoms with Gasteiger partial charge in [-0.05, 0) is 57.4 Å². The molecule has 2 aromatic rings. The number of nitrogens with one attached hydrogen (secondary N) is 2. The number of ether oxygens (including phenoxy) is 1. The molecule has 0 aliphatic carbocycles. The first-order valence-electron chi connectivity index (χ1n) is 11.0. The quantitative estimate of drug-likeness (QED) is 0.444. The Morgan fingerprint density at radius 2 is 1.85 bits per heavy atom. The van der Waals surface area contributed by atoms with Crippen LogP contribution >= 0.6 is 23.6 Å². The van der Waals surface area contributed by atoms with E-state index < -0.39 is 5.97 Å². The van der Waals surface area contributed by atoms with Crippen molar-refractivity contribution in [1.29, 1.82) is 5.26 Å². The summed E-state index contributed by atoms with van der Waals surface area (Å²) in [7, 11) is 2.10. The van der Waals surface area contributed by atoms with Crippen LogP contribution in [0.4, 0.5) is 11.4 Å². The van der Waals surface area contributed by atoms with Crippen molar-refractivity contribution >= 4 is 57.8 Å². The van der Waals surface area contributed by atoms with Gasteiger partial charge in [-0.1, -0.05) is 0 Å². The summed E-state index contributed by atoms with van der Waals surface area (Å²) in [6.45, 7) is 7.70. The topological polar surface area (TPSA) is 103 Å². The normalized spacial score (nSPS) is 15.5. The zero-order chi connectivity index (χ0) is 24.7. The summed E-state index contributed by atoms with van der Waals surface area (Å²) in [6, 6.07) is 9.45. The first-order valence-corrected chi connectivity index (χ1v) is 12.2. The predicted molar refractivity (Wildman–Crippen MR) is 139 cm³/mol. The van der Waals surface area contributed by atoms with Gasteiger partial charge in [-0.3, -0.25) is 9.36 Å². The maximum atomic E-state index is 12.8. The molecule has 0 saturated carbocycles. The van der Waals surface area contributed by atoms with Gasteiger partial charge in [0.2, 0.25) is 0 Å². The van der Waals surface area contributed by atoms with Crippen molar-refractivity contribution in [2.75, 3.05) is 50.5 Å². The lowest BCUT2D eigenvalue weighted by molar-refractivity contribution is -0.136. The van der Waals surface area contributed by atoms with Crippen LogP contribution in [0.5, 0.6) is 0 Å². The van der Waals surface area contributed by atoms with Crippen molar-refractivity contribution in [3.05, 3.63) is 43.8 Å². The fraction of sp³-hybridized carbons (Fsp3) is 0.391. The minimum absolute atomic E-state index is 0.150. The maximum absolute atomic E-state index is 12.8. The number of likely N-dealkylation sites (N-methyl/N-ethyl adjacent to an activating group) is 1. The number of nitrogens with zero attached hydrogens (tertiary/aromatic N) is 4. The van der Waals surface area contributed by atoms with Gasteiger partial charge in [0.25, 0.3) is 5.56 Å². The van der Waals surface area contributed by atoms with Gasteiger partial charge < -0.3 is 25.2 Å². The minimum atomic E-state index is -0.731. The monoisotopic (exact) mass is 500 g/mol. The molecule has 0 atom stereocenters. The van der Waals surface area contributed by atoms with E-state index in [1.54, 1.807) is 20.0 Å². The van der Waals surface area contributed by atoms with Crippen LogP contribution in [0, 0.1) is 11.3 Å². The van der Waals surface area contributed by atoms with Crippen molar-refractivity contribution in [2.24, 2.45) is 0 Å². The van der Waals surface area contributed by atoms with E-state index in [0.717, 1.165) is 48.9 Å². The third-order valence-electron chi connectivity index (χ3n) is 5.33. The Balaban J connectivity index is 1.76. The molecule has 2 heterocycles. The molecule has 0 bridgehead atoms. The van der Waals surface area contributed by atoms with Crippen molar-refractivity contribution < 1.29 is 9.53 Å². The molecule has 180 valence electrons. The third-order valence-corrected chi connectivity index (χ3v) is 6.82. The highest BCUT2D eigenvalue weighted by atomic mass is 32.1. The Morgan fingerprint density at radius 1 is 1.21 bits per heavy atom. The van der Waals surface area contributed by atoms with Crippen LogP contribution in [-0.4, -0.2) is 65.3 Å². The summed E-state index contributed by atoms with van der Waals surface area (Å²) in [5.74, 6) is -0.731. The molecule has 0 radical (unpaired) electrons. The summed E-state index contributed by atoms with van der Waals surface area (Å²) < 4.78 is 7.03. The van der Waals surface area contributed by atoms with E-state index >= 15 is 0 Å². The van der Waals surface area contributed by atoms with Gasteiger partial charge in [0.15, 0.2) is 10.7 Å². The molecule has 1 aromatic heterocycles. The Bertz CT molecular complexity index is 1250. The molecule has 1 fully saturated rings. The molecule has 0 unspecified atom stereocenters. The fourth-order valence-corrected chi connectivity index (χ4v) is 4.76. The van der Waals surface area contributed by atoms with Crippen LogP contribution in [0.25, 0.3) is 11.8 Å². The van der Waals surface area contributed by atoms with Gasteiger partial charge in [0, 0.05) is 50.3 Å². The van der Waals surface area contributed by atoms with E-state index in [-0.39, 0.29) is 17.7 Å². The van der Waals surface area contributed by atoms with Crippen molar-refractivity contribution in [3.63, 3.8) is 0 Å². The molecule has 1 aromatic carbocycles. The highest BCUT2D eigenvalue weighted by Crippen LogP contribution is 2.14. The number of thiazole rings is 1. The molecule has 3 rings (SSSR count). The summed E-state index contributed by atoms with van der Waals surface area (Å²) in [5.41, 5.74) is 1.22. The SMILES string of the molecule is CCOC(=O)C(C#N)=c1sc(=CNc2ccc(NC(=S)N3CCN(C)CC3)cc2)c(=O)n1CC. The lowest BCUT2D eigenvalue weighted by Crippen LogP contribution is -2.48. The fourth-order valence-electron chi connectivity index (χ4n) is 3.39. The number of rotatable bonds is 6. The van der Waals surface area contributed by atoms with E-state index in [2.05, 4.69) is 27.5 Å². The zero-order valence-electron chi connectivity index (χ0n) is 19.5. The molecule has 1 aliphatic rings. The molecule has 1 saturated heterocycles. The van der Waals surface area contributed by atoms with Crippen molar-refractivity contribution in [2.45, 2.75) is 20.4 Å². The number of aromatic nitrogens is 1. The first kappa shape index (κ1) is 25.4. The first-order chi connectivity index (χ1) is 16.4. The van der Waals surface area contributed by atoms with Crippen LogP contribution in [0.15, 0.2) is 29.1 Å². The number of carbonyl (C=O) groups is 1. The lowest BCUT2D eigenvalue weighted by Gasteiger charge is -2.34. The average Bonchev–Trinajstić information content (AvgIpc) is 3.14. The maximum Gasteiger partial charge on any atom is 0.351 e. The smallest absolute Gasteiger partial charge is 0.351 e. The van der Waals surface area contributed by atoms with Crippen molar-refractivity contribution in [3.8, 4) is 6.07 Å². The molecule has 2 N–H and O–H groups in total. The molecular weight excluding hydrogens is 472 g/mol. The number of hydrogen-bond acceptors (Lipinski definition) is 8. The highest BCUT2D eigenvalue weighted by molar-refractivity contribution is 7.80. The number of thiocarbonyl (C=S) groups is 1. The molecule has 9 nitrogen and oxygen atoms in total. The van der Waals surface area contributed by atoms with E-state index in [0.29, 0.717) is 20.9 Å². The van der Waals surface area contributed by atoms with Crippen LogP contribution in [0.1, 0.15) is 13.8 Å². The lowest BCUT2D eigenvalue weighted by atomic mass is 10.3. The average molecular weight is 501 g/mol. The Morgan fingerprint density at radius 3 is 2.44 bits per heavy atom. The predicted octanol–water partition coefficient (Wildman–Crippen LogP) is 0.961. The molecule has 1 aliphatic heterocycles. The van der Waals surface area contributed by atoms with Crippen molar-refractivity contribution in [1.82, 2.24) is 14.4 Å². The Hall–Kier alpha value is -3.20. The van der Waals surface area contributed by atoms with E-state index in [1.807, 2.05) is 30.3 Å². The van der Waals surface area contributed by atoms with Gasteiger partial charge in [-0.15, -0.1) is 11.3 Å². The number of benzene rings is 1. The van der Waals surface area contributed by atoms with Gasteiger partial charge in [0.05, 0.1) is 6.61 Å². The third kappa shape index (κ3) is 6.02. The van der Waals surface area contributed by atoms with Crippen LogP contribution in [0.2, 0.25) is 0 Å². The van der Waals surface area contributed by atoms with Crippen LogP contribution in [-0.2, 0) is 16.1 Å². The Kier molecular flexibility index (Phi) is 8.81. The van der Waals surface area contributed by atoms with Gasteiger partial charge >= 0.3 is 5.97 Å². The molecular formula is C23H28N6O3S2. The van der Waals surface area contributed by atoms with Gasteiger partial charge in [-0.2, -0.15) is 5.26 Å². The standard InChI is InChI=1S/C23H28N6O3S2/c1-4-29-20(30)19(34-21(29)18(14-24)22(31)32-5-2)15-25-16-6-8-17(9-7-16)26-23(33)28-12-10-27(3)11-13-28/h6-9,15,25H,4-5,10-13H2,1-3H3,(H,26,33). The van der Waals surface area contributed by atoms with Gasteiger partial charge in [-0.25, -0.2) is 4.79 Å². The molecule has 0 amide bonds. The second kappa shape index (κ2) is 11.8. The molecule has 11 heteroatoms. The van der Waals surface area contributed by atoms with Crippen LogP contribution in [0.3, 0.4) is 0 Å². The summed E-state index contributed by atoms with van der Waals surface area (Å²) >= 11 is 6.61. The van der Waals surface area contributed by atoms with Gasteiger partial charge in [0.1, 0.15) is 15.3 Å². The van der Waals surface area contributed by atoms with E-state index in [4.69, 9.17) is 17.0 Å². The molecule has 0 spiro atoms. The van der Waals surface area contributed by atoms with E-state index in [9.17, 15) is 14.9 Å². The number of hydrogen-bond donors (Lipinski definition) is 2. The minimum Gasteiger partial charge on any atom is -0.462 e. The number of piperazine rings is 1. The number of carbonyl (C=O) groups excluding carboxylic acids is 1. The summed E-state index contributed by atoms with van der Waals surface area (Å²) in [6.07, 6.45) is 1.58. The van der Waals surface area contributed by atoms with Crippen LogP contribution < -0.4 is 25.4 Å². The largest absolute Gasteiger partial charge is 0.462 e. The summed E-state index contributed by atoms with van der Waals surface area (Å²) in [5, 5.41) is 16.5. The van der Waals surface area contributed by atoms with E-state index in [1.165, 1.54) is 4.57 Å². The highest BCUT2D eigenvalue weighted by Gasteiger charge is 2.17. The molecule has 34 heavy (non-hydrogen) atoms. The zero-order valence-corrected chi connectivity index (χ0v) is 21.1. The Labute approximate surface area is 207 Å². The number of nitriles is 1. The summed E-state index contributed by atoms with van der Waals surface area (Å²) in [4.78, 5) is 29.3.